The second-order valence-corrected chi connectivity index (χ2v) is 34.0. The molecule has 0 saturated heterocycles. The van der Waals surface area contributed by atoms with Crippen molar-refractivity contribution in [1.82, 2.24) is 0 Å². The van der Waals surface area contributed by atoms with Gasteiger partial charge < -0.3 is 99.6 Å². The third kappa shape index (κ3) is 31.0. The molecule has 0 atom stereocenters. The number of phenols is 2. The maximum atomic E-state index is 13.6. The van der Waals surface area contributed by atoms with Gasteiger partial charge in [0.2, 0.25) is 0 Å². The van der Waals surface area contributed by atoms with Gasteiger partial charge in [-0.2, -0.15) is 0 Å². The number of esters is 1. The van der Waals surface area contributed by atoms with Gasteiger partial charge in [0.05, 0.1) is 65.7 Å². The lowest BCUT2D eigenvalue weighted by Crippen LogP contribution is -2.17. The van der Waals surface area contributed by atoms with E-state index >= 15 is 0 Å². The second-order valence-electron chi connectivity index (χ2n) is 31.8. The van der Waals surface area contributed by atoms with Gasteiger partial charge in [-0.05, 0) is 280 Å². The fraction of sp³-hybridized carbons (Fsp3) is 0.143. The number of hydrogen-bond donors (Lipinski definition) is 13. The normalized spacial score (nSPS) is 10.5. The number of benzene rings is 17. The molecule has 744 valence electrons. The van der Waals surface area contributed by atoms with Crippen molar-refractivity contribution < 1.29 is 67.4 Å². The number of ether oxygens (including phenoxy) is 6. The Morgan fingerprint density at radius 1 is 0.250 bits per heavy atom. The van der Waals surface area contributed by atoms with Gasteiger partial charge in [-0.15, -0.1) is 24.8 Å². The van der Waals surface area contributed by atoms with E-state index < -0.39 is 17.8 Å². The number of carbonyl (C=O) groups excluding carboxylic acids is 6. The van der Waals surface area contributed by atoms with Crippen LogP contribution in [0.25, 0.3) is 64.6 Å². The van der Waals surface area contributed by atoms with Crippen LogP contribution in [0, 0.1) is 0 Å². The zero-order valence-electron chi connectivity index (χ0n) is 77.2. The highest BCUT2D eigenvalue weighted by Crippen LogP contribution is 2.39. The van der Waals surface area contributed by atoms with Crippen molar-refractivity contribution in [3.8, 4) is 46.0 Å². The molecule has 17 rings (SSSR count). The van der Waals surface area contributed by atoms with Crippen molar-refractivity contribution in [1.29, 1.82) is 0 Å². The van der Waals surface area contributed by atoms with Crippen LogP contribution in [0.2, 0.25) is 25.1 Å². The van der Waals surface area contributed by atoms with Crippen LogP contribution in [0.5, 0.6) is 46.0 Å². The smallest absolute Gasteiger partial charge is 0.347 e. The summed E-state index contributed by atoms with van der Waals surface area (Å²) < 4.78 is 34.8. The number of halogens is 7. The van der Waals surface area contributed by atoms with E-state index in [1.165, 1.54) is 12.1 Å². The zero-order chi connectivity index (χ0) is 99.7. The molecule has 17 aromatic carbocycles. The van der Waals surface area contributed by atoms with Gasteiger partial charge in [0.25, 0.3) is 29.5 Å². The van der Waals surface area contributed by atoms with E-state index in [2.05, 4.69) is 26.6 Å². The monoisotopic (exact) mass is 2080 g/mol. The van der Waals surface area contributed by atoms with Gasteiger partial charge in [0, 0.05) is 73.3 Å². The molecular weight excluding hydrogens is 1970 g/mol. The molecule has 0 bridgehead atoms. The number of hydrogen-bond acceptors (Lipinski definition) is 20. The summed E-state index contributed by atoms with van der Waals surface area (Å²) in [6.45, 7) is 4.51. The summed E-state index contributed by atoms with van der Waals surface area (Å²) in [6, 6.07) is 95.9. The predicted octanol–water partition coefficient (Wildman–Crippen LogP) is 24.7. The highest BCUT2D eigenvalue weighted by molar-refractivity contribution is 6.32. The quantitative estimate of drug-likeness (QED) is 0.00806. The highest BCUT2D eigenvalue weighted by atomic mass is 35.5. The first kappa shape index (κ1) is 111. The van der Waals surface area contributed by atoms with Crippen LogP contribution in [0.4, 0.5) is 28.4 Å². The average Bonchev–Trinajstić information content (AvgIpc) is 0.870. The van der Waals surface area contributed by atoms with Crippen molar-refractivity contribution >= 4 is 211 Å². The first-order valence-corrected chi connectivity index (χ1v) is 46.9. The summed E-state index contributed by atoms with van der Waals surface area (Å²) in [7, 11) is 0. The van der Waals surface area contributed by atoms with Crippen LogP contribution in [0.3, 0.4) is 0 Å². The molecule has 25 nitrogen and oxygen atoms in total. The highest BCUT2D eigenvalue weighted by Gasteiger charge is 2.25. The topological polar surface area (TPSA) is 415 Å². The largest absolute Gasteiger partial charge is 0.507 e. The molecular formula is C112H108Cl7N11O14. The Morgan fingerprint density at radius 2 is 0.521 bits per heavy atom. The Hall–Kier alpha value is -14.5. The van der Waals surface area contributed by atoms with Crippen molar-refractivity contribution in [3.63, 3.8) is 0 Å². The minimum Gasteiger partial charge on any atom is -0.507 e. The summed E-state index contributed by atoms with van der Waals surface area (Å²) in [5, 5.41) is 48.0. The number of carbonyl (C=O) groups is 6. The molecule has 0 spiro atoms. The molecule has 19 N–H and O–H groups in total. The molecule has 0 aliphatic rings. The van der Waals surface area contributed by atoms with Gasteiger partial charge in [-0.25, -0.2) is 4.79 Å². The van der Waals surface area contributed by atoms with Crippen molar-refractivity contribution in [3.05, 3.63) is 386 Å². The third-order valence-electron chi connectivity index (χ3n) is 21.7. The third-order valence-corrected chi connectivity index (χ3v) is 22.9. The van der Waals surface area contributed by atoms with Crippen LogP contribution in [0.1, 0.15) is 101 Å². The minimum atomic E-state index is -0.664. The number of nitrogens with one attached hydrogen (secondary N) is 5. The Balaban J connectivity index is 0.000000188. The summed E-state index contributed by atoms with van der Waals surface area (Å²) in [5.41, 5.74) is 39.0. The fourth-order valence-corrected chi connectivity index (χ4v) is 15.3. The molecule has 144 heavy (non-hydrogen) atoms. The van der Waals surface area contributed by atoms with Crippen molar-refractivity contribution in [2.45, 2.75) is 39.7 Å². The first-order valence-electron chi connectivity index (χ1n) is 45.0. The molecule has 32 heteroatoms. The van der Waals surface area contributed by atoms with Crippen LogP contribution in [0.15, 0.2) is 322 Å². The zero-order valence-corrected chi connectivity index (χ0v) is 82.6. The number of anilines is 5. The maximum Gasteiger partial charge on any atom is 0.347 e. The van der Waals surface area contributed by atoms with Gasteiger partial charge in [-0.1, -0.05) is 211 Å². The molecule has 0 saturated carbocycles. The molecule has 0 aliphatic heterocycles. The average molecular weight is 2080 g/mol. The van der Waals surface area contributed by atoms with E-state index in [4.69, 9.17) is 121 Å². The number of amides is 5. The summed E-state index contributed by atoms with van der Waals surface area (Å²) in [6.07, 6.45) is 2.63. The number of nitrogens with two attached hydrogens (primary N) is 6. The van der Waals surface area contributed by atoms with Gasteiger partial charge in [0.15, 0.2) is 5.75 Å². The number of fused-ring (bicyclic) bond motifs is 6. The van der Waals surface area contributed by atoms with Gasteiger partial charge in [0.1, 0.15) is 52.4 Å². The second kappa shape index (κ2) is 55.8. The molecule has 0 fully saturated rings. The van der Waals surface area contributed by atoms with Gasteiger partial charge >= 0.3 is 5.97 Å². The molecule has 0 heterocycles. The summed E-state index contributed by atoms with van der Waals surface area (Å²) in [4.78, 5) is 77.8. The van der Waals surface area contributed by atoms with E-state index in [0.29, 0.717) is 191 Å². The Kier molecular flexibility index (Phi) is 43.2. The molecule has 0 unspecified atom stereocenters. The van der Waals surface area contributed by atoms with Crippen LogP contribution < -0.4 is 89.4 Å². The lowest BCUT2D eigenvalue weighted by Gasteiger charge is -2.16. The van der Waals surface area contributed by atoms with Crippen molar-refractivity contribution in [2.24, 2.45) is 34.4 Å². The molecule has 5 amide bonds. The molecule has 17 aromatic rings. The number of phenolic OH excluding ortho intramolecular Hbond substituents is 2. The maximum absolute atomic E-state index is 13.6. The van der Waals surface area contributed by atoms with E-state index in [-0.39, 0.29) is 89.7 Å². The predicted molar refractivity (Wildman–Crippen MR) is 589 cm³/mol. The first-order chi connectivity index (χ1) is 68.5. The van der Waals surface area contributed by atoms with Crippen LogP contribution >= 0.6 is 82.8 Å². The Bertz CT molecular complexity index is 7320. The summed E-state index contributed by atoms with van der Waals surface area (Å²) >= 11 is 29.8. The molecule has 0 radical (unpaired) electrons. The summed E-state index contributed by atoms with van der Waals surface area (Å²) in [5.74, 6) is -0.177. The fourth-order valence-electron chi connectivity index (χ4n) is 14.6. The lowest BCUT2D eigenvalue weighted by molar-refractivity contribution is 0.0729. The van der Waals surface area contributed by atoms with E-state index in [1.54, 1.807) is 127 Å². The molecule has 0 aliphatic carbocycles. The standard InChI is InChI=1S/C34H32ClN3O5.2C20H19ClN2O3.C19H17ClN2O2.C18H15ClN2O.CH4.2ClH/c35-26-11-12-29(38-33(39)27-17-22-7-1-3-9-24(22)19-30(27)41-15-5-13-36)32(21-26)43-34(40)28-18-23-8-2-4-10-25(23)20-31(28)42-16-6-14-37;21-15-6-7-17(18(24)12-15)23-20(25)16-10-13-4-1-2-5-14(13)11-19(16)26-9-3-8-22;21-15-6-7-17(19(12-15)26-9-3-8-22)23-20(25)16-10-13-4-1-2-5-14(13)11-18(16)24;20-15-5-7-16(8-6-15)22-19(23)17-11-13-3-1-2-4-14(13)12-18(17)24-10-9-21;19-15-5-7-16(8-6-15)21-18(22)17-10-13-4-2-1-3-12(13)9-14(17)11-20;;;/h1-4,7-12,17-21H,5-6,13-16,36-37H2,(H,38,39);2*1-2,4-7,10-12,24H,3,8-9,22H2,(H,23,25);1-8,11-12H,9-10,21H2,(H,22,23);1-10H,11,20H2,(H,21,22);1H4;2*1H. The lowest BCUT2D eigenvalue weighted by atomic mass is 10.00. The van der Waals surface area contributed by atoms with Crippen LogP contribution in [-0.2, 0) is 6.54 Å². The number of aromatic hydroxyl groups is 2. The Morgan fingerprint density at radius 3 is 0.889 bits per heavy atom. The van der Waals surface area contributed by atoms with E-state index in [1.807, 2.05) is 182 Å². The molecule has 0 aromatic heterocycles. The SMILES string of the molecule is C.Cl.Cl.NCCCOc1cc(Cl)ccc1NC(=O)c1cc2ccccc2cc1O.NCCCOc1cc2ccccc2cc1C(=O)Nc1ccc(Cl)cc1O.NCCCOc1cc2ccccc2cc1C(=O)Nc1ccc(Cl)cc1OC(=O)c1cc2ccccc2cc1OCCCN.NCCOc1cc2ccccc2cc1C(=O)Nc1ccc(Cl)cc1.NCc1cc2ccccc2cc1C(=O)Nc1ccc(Cl)cc1. The number of rotatable bonds is 32. The van der Waals surface area contributed by atoms with E-state index in [9.17, 15) is 39.0 Å². The van der Waals surface area contributed by atoms with Gasteiger partial charge in [-0.3, -0.25) is 24.0 Å². The Labute approximate surface area is 870 Å². The minimum absolute atomic E-state index is 0. The van der Waals surface area contributed by atoms with Crippen LogP contribution in [-0.4, -0.2) is 111 Å². The van der Waals surface area contributed by atoms with E-state index in [0.717, 1.165) is 70.2 Å². The van der Waals surface area contributed by atoms with Crippen molar-refractivity contribution in [2.75, 3.05) is 92.3 Å².